The molecule has 0 radical (unpaired) electrons. The Morgan fingerprint density at radius 2 is 1.42 bits per heavy atom. The monoisotopic (exact) mass is 441 g/mol. The smallest absolute Gasteiger partial charge is 0.227 e. The lowest BCUT2D eigenvalue weighted by atomic mass is 9.95. The molecule has 0 unspecified atom stereocenters. The summed E-state index contributed by atoms with van der Waals surface area (Å²) >= 11 is 0. The highest BCUT2D eigenvalue weighted by molar-refractivity contribution is 7.88. The minimum atomic E-state index is -3.25. The normalized spacial score (nSPS) is 21.4. The van der Waals surface area contributed by atoms with Crippen LogP contribution >= 0.6 is 0 Å². The van der Waals surface area contributed by atoms with Crippen molar-refractivity contribution in [2.24, 2.45) is 5.92 Å². The Balaban J connectivity index is 1.44. The lowest BCUT2D eigenvalue weighted by Gasteiger charge is -2.41. The molecule has 0 spiro atoms. The summed E-state index contributed by atoms with van der Waals surface area (Å²) in [6, 6.07) is 21.2. The summed E-state index contributed by atoms with van der Waals surface area (Å²) in [5.41, 5.74) is 2.51. The van der Waals surface area contributed by atoms with Crippen LogP contribution in [0, 0.1) is 5.92 Å². The standard InChI is InChI=1S/C24H31N3O3S/c1-31(29,30)27-14-8-13-22(19-27)24(28)26-17-15-25(16-18-26)23(20-9-4-2-5-10-20)21-11-6-3-7-12-21/h2-7,9-12,22-23H,8,13-19H2,1H3/t22-/m1/s1. The van der Waals surface area contributed by atoms with Crippen LogP contribution in [-0.4, -0.2) is 74.0 Å². The van der Waals surface area contributed by atoms with Crippen LogP contribution < -0.4 is 0 Å². The molecule has 0 bridgehead atoms. The van der Waals surface area contributed by atoms with Crippen molar-refractivity contribution in [3.8, 4) is 0 Å². The molecule has 2 fully saturated rings. The quantitative estimate of drug-likeness (QED) is 0.716. The Kier molecular flexibility index (Phi) is 6.74. The van der Waals surface area contributed by atoms with E-state index in [1.54, 1.807) is 0 Å². The number of nitrogens with zero attached hydrogens (tertiary/aromatic N) is 3. The lowest BCUT2D eigenvalue weighted by molar-refractivity contribution is -0.138. The third-order valence-corrected chi connectivity index (χ3v) is 7.69. The van der Waals surface area contributed by atoms with E-state index in [2.05, 4.69) is 53.4 Å². The van der Waals surface area contributed by atoms with Gasteiger partial charge >= 0.3 is 0 Å². The number of hydrogen-bond acceptors (Lipinski definition) is 4. The summed E-state index contributed by atoms with van der Waals surface area (Å²) in [5, 5.41) is 0. The Hall–Kier alpha value is -2.22. The van der Waals surface area contributed by atoms with Crippen molar-refractivity contribution in [1.29, 1.82) is 0 Å². The minimum absolute atomic E-state index is 0.101. The topological polar surface area (TPSA) is 60.9 Å². The van der Waals surface area contributed by atoms with E-state index < -0.39 is 10.0 Å². The van der Waals surface area contributed by atoms with Gasteiger partial charge in [-0.05, 0) is 24.0 Å². The van der Waals surface area contributed by atoms with Crippen LogP contribution in [0.4, 0.5) is 0 Å². The number of sulfonamides is 1. The highest BCUT2D eigenvalue weighted by atomic mass is 32.2. The predicted octanol–water partition coefficient (Wildman–Crippen LogP) is 2.59. The average molecular weight is 442 g/mol. The minimum Gasteiger partial charge on any atom is -0.340 e. The molecule has 6 nitrogen and oxygen atoms in total. The van der Waals surface area contributed by atoms with Crippen molar-refractivity contribution in [1.82, 2.24) is 14.1 Å². The van der Waals surface area contributed by atoms with E-state index in [0.29, 0.717) is 26.2 Å². The summed E-state index contributed by atoms with van der Waals surface area (Å²) in [6.07, 6.45) is 2.74. The highest BCUT2D eigenvalue weighted by Crippen LogP contribution is 2.30. The molecule has 1 amide bonds. The van der Waals surface area contributed by atoms with Crippen molar-refractivity contribution in [3.63, 3.8) is 0 Å². The molecule has 0 aliphatic carbocycles. The first-order chi connectivity index (χ1) is 14.9. The van der Waals surface area contributed by atoms with Gasteiger partial charge in [-0.3, -0.25) is 9.69 Å². The number of amides is 1. The second-order valence-electron chi connectivity index (χ2n) is 8.55. The molecule has 166 valence electrons. The fraction of sp³-hybridized carbons (Fsp3) is 0.458. The molecular formula is C24H31N3O3S. The van der Waals surface area contributed by atoms with Gasteiger partial charge in [-0.1, -0.05) is 60.7 Å². The van der Waals surface area contributed by atoms with Gasteiger partial charge in [0.05, 0.1) is 18.2 Å². The summed E-state index contributed by atoms with van der Waals surface area (Å²) in [4.78, 5) is 17.5. The number of piperazine rings is 1. The van der Waals surface area contributed by atoms with Gasteiger partial charge in [-0.2, -0.15) is 0 Å². The Morgan fingerprint density at radius 1 is 0.871 bits per heavy atom. The summed E-state index contributed by atoms with van der Waals surface area (Å²) in [5.74, 6) is -0.127. The maximum absolute atomic E-state index is 13.1. The van der Waals surface area contributed by atoms with Gasteiger partial charge in [0.25, 0.3) is 0 Å². The number of benzene rings is 2. The zero-order valence-electron chi connectivity index (χ0n) is 18.1. The zero-order chi connectivity index (χ0) is 21.8. The third kappa shape index (κ3) is 5.17. The molecule has 2 aliphatic heterocycles. The second kappa shape index (κ2) is 9.51. The van der Waals surface area contributed by atoms with Crippen LogP contribution in [-0.2, 0) is 14.8 Å². The molecule has 2 heterocycles. The lowest BCUT2D eigenvalue weighted by Crippen LogP contribution is -2.53. The molecule has 4 rings (SSSR count). The highest BCUT2D eigenvalue weighted by Gasteiger charge is 2.35. The Labute approximate surface area is 185 Å². The van der Waals surface area contributed by atoms with Crippen molar-refractivity contribution < 1.29 is 13.2 Å². The van der Waals surface area contributed by atoms with Gasteiger partial charge in [-0.25, -0.2) is 12.7 Å². The number of carbonyl (C=O) groups is 1. The van der Waals surface area contributed by atoms with E-state index in [4.69, 9.17) is 0 Å². The molecule has 1 atom stereocenters. The second-order valence-corrected chi connectivity index (χ2v) is 10.5. The van der Waals surface area contributed by atoms with Gasteiger partial charge in [0, 0.05) is 39.3 Å². The zero-order valence-corrected chi connectivity index (χ0v) is 18.9. The van der Waals surface area contributed by atoms with Gasteiger partial charge in [0.15, 0.2) is 0 Å². The third-order valence-electron chi connectivity index (χ3n) is 6.42. The van der Waals surface area contributed by atoms with Crippen LogP contribution in [0.5, 0.6) is 0 Å². The summed E-state index contributed by atoms with van der Waals surface area (Å²) < 4.78 is 25.3. The number of piperidine rings is 1. The number of rotatable bonds is 5. The molecule has 2 aromatic rings. The van der Waals surface area contributed by atoms with Crippen molar-refractivity contribution >= 4 is 15.9 Å². The van der Waals surface area contributed by atoms with Gasteiger partial charge in [0.1, 0.15) is 0 Å². The Morgan fingerprint density at radius 3 is 1.94 bits per heavy atom. The molecular weight excluding hydrogens is 410 g/mol. The van der Waals surface area contributed by atoms with Crippen molar-refractivity contribution in [2.45, 2.75) is 18.9 Å². The fourth-order valence-electron chi connectivity index (χ4n) is 4.79. The number of hydrogen-bond donors (Lipinski definition) is 0. The first-order valence-electron chi connectivity index (χ1n) is 11.0. The van der Waals surface area contributed by atoms with Crippen molar-refractivity contribution in [2.75, 3.05) is 45.5 Å². The Bertz CT molecular complexity index is 934. The first kappa shape index (κ1) is 22.0. The van der Waals surface area contributed by atoms with Crippen LogP contribution in [0.1, 0.15) is 30.0 Å². The SMILES string of the molecule is CS(=O)(=O)N1CCC[C@@H](C(=O)N2CCN(C(c3ccccc3)c3ccccc3)CC2)C1. The van der Waals surface area contributed by atoms with Gasteiger partial charge < -0.3 is 4.90 Å². The molecule has 31 heavy (non-hydrogen) atoms. The molecule has 2 aliphatic rings. The summed E-state index contributed by atoms with van der Waals surface area (Å²) in [6.45, 7) is 3.76. The van der Waals surface area contributed by atoms with Gasteiger partial charge in [-0.15, -0.1) is 0 Å². The molecule has 0 saturated carbocycles. The van der Waals surface area contributed by atoms with Crippen LogP contribution in [0.2, 0.25) is 0 Å². The summed E-state index contributed by atoms with van der Waals surface area (Å²) in [7, 11) is -3.25. The molecule has 0 N–H and O–H groups in total. The van der Waals surface area contributed by atoms with Crippen LogP contribution in [0.15, 0.2) is 60.7 Å². The molecule has 2 aromatic carbocycles. The molecule has 2 saturated heterocycles. The van der Waals surface area contributed by atoms with E-state index in [0.717, 1.165) is 25.9 Å². The molecule has 7 heteroatoms. The van der Waals surface area contributed by atoms with E-state index in [9.17, 15) is 13.2 Å². The van der Waals surface area contributed by atoms with Gasteiger partial charge in [0.2, 0.25) is 15.9 Å². The van der Waals surface area contributed by atoms with E-state index in [1.165, 1.54) is 21.7 Å². The van der Waals surface area contributed by atoms with E-state index >= 15 is 0 Å². The predicted molar refractivity (Wildman–Crippen MR) is 122 cm³/mol. The van der Waals surface area contributed by atoms with E-state index in [-0.39, 0.29) is 17.9 Å². The largest absolute Gasteiger partial charge is 0.340 e. The maximum Gasteiger partial charge on any atom is 0.227 e. The maximum atomic E-state index is 13.1. The van der Waals surface area contributed by atoms with Crippen LogP contribution in [0.25, 0.3) is 0 Å². The van der Waals surface area contributed by atoms with Crippen molar-refractivity contribution in [3.05, 3.63) is 71.8 Å². The average Bonchev–Trinajstić information content (AvgIpc) is 2.80. The number of carbonyl (C=O) groups excluding carboxylic acids is 1. The fourth-order valence-corrected chi connectivity index (χ4v) is 5.70. The van der Waals surface area contributed by atoms with E-state index in [1.807, 2.05) is 17.0 Å². The first-order valence-corrected chi connectivity index (χ1v) is 12.9. The van der Waals surface area contributed by atoms with Crippen LogP contribution in [0.3, 0.4) is 0 Å². The molecule has 0 aromatic heterocycles.